The molecule has 2 aromatic carbocycles. The van der Waals surface area contributed by atoms with E-state index in [9.17, 15) is 13.2 Å². The van der Waals surface area contributed by atoms with E-state index in [1.165, 1.54) is 24.3 Å². The Balaban J connectivity index is 1.67. The molecule has 0 saturated carbocycles. The molecular formula is C19H17NO6S. The van der Waals surface area contributed by atoms with E-state index in [1.807, 2.05) is 12.1 Å². The Hall–Kier alpha value is -3.13. The summed E-state index contributed by atoms with van der Waals surface area (Å²) in [5.41, 5.74) is 1.58. The van der Waals surface area contributed by atoms with Gasteiger partial charge in [-0.25, -0.2) is 13.2 Å². The summed E-state index contributed by atoms with van der Waals surface area (Å²) < 4.78 is 38.6. The molecule has 0 aliphatic carbocycles. The normalized spacial score (nSPS) is 11.2. The van der Waals surface area contributed by atoms with Crippen LogP contribution in [0.25, 0.3) is 11.3 Å². The van der Waals surface area contributed by atoms with Crippen molar-refractivity contribution in [2.75, 3.05) is 13.4 Å². The lowest BCUT2D eigenvalue weighted by atomic mass is 10.1. The predicted molar refractivity (Wildman–Crippen MR) is 97.2 cm³/mol. The molecule has 0 amide bonds. The van der Waals surface area contributed by atoms with Crippen molar-refractivity contribution in [2.24, 2.45) is 0 Å². The van der Waals surface area contributed by atoms with Gasteiger partial charge in [-0.2, -0.15) is 0 Å². The summed E-state index contributed by atoms with van der Waals surface area (Å²) >= 11 is 0. The average Bonchev–Trinajstić information content (AvgIpc) is 3.14. The van der Waals surface area contributed by atoms with E-state index < -0.39 is 15.8 Å². The van der Waals surface area contributed by atoms with Crippen molar-refractivity contribution in [1.82, 2.24) is 5.16 Å². The van der Waals surface area contributed by atoms with Crippen molar-refractivity contribution in [2.45, 2.75) is 11.5 Å². The first-order chi connectivity index (χ1) is 12.9. The fraction of sp³-hybridized carbons (Fsp3) is 0.158. The summed E-state index contributed by atoms with van der Waals surface area (Å²) in [6.07, 6.45) is 1.08. The van der Waals surface area contributed by atoms with Crippen LogP contribution >= 0.6 is 0 Å². The maximum Gasteiger partial charge on any atom is 0.338 e. The summed E-state index contributed by atoms with van der Waals surface area (Å²) in [6.45, 7) is -0.120. The zero-order valence-electron chi connectivity index (χ0n) is 14.7. The number of ether oxygens (including phenoxy) is 2. The molecule has 0 aliphatic heterocycles. The smallest absolute Gasteiger partial charge is 0.338 e. The number of rotatable bonds is 6. The number of sulfone groups is 1. The summed E-state index contributed by atoms with van der Waals surface area (Å²) in [5.74, 6) is 0.448. The molecule has 0 saturated heterocycles. The van der Waals surface area contributed by atoms with Gasteiger partial charge in [0.15, 0.2) is 22.2 Å². The Kier molecular flexibility index (Phi) is 5.27. The second kappa shape index (κ2) is 7.63. The van der Waals surface area contributed by atoms with Crippen LogP contribution < -0.4 is 4.74 Å². The molecule has 0 bridgehead atoms. The van der Waals surface area contributed by atoms with Gasteiger partial charge < -0.3 is 14.0 Å². The van der Waals surface area contributed by atoms with Crippen molar-refractivity contribution in [3.63, 3.8) is 0 Å². The van der Waals surface area contributed by atoms with Crippen LogP contribution in [-0.4, -0.2) is 32.9 Å². The number of benzene rings is 2. The molecule has 0 unspecified atom stereocenters. The van der Waals surface area contributed by atoms with Crippen LogP contribution in [0, 0.1) is 0 Å². The highest BCUT2D eigenvalue weighted by Crippen LogP contribution is 2.22. The second-order valence-corrected chi connectivity index (χ2v) is 7.80. The maximum atomic E-state index is 12.2. The van der Waals surface area contributed by atoms with Crippen LogP contribution in [0.5, 0.6) is 5.75 Å². The molecule has 0 fully saturated rings. The molecule has 3 rings (SSSR count). The van der Waals surface area contributed by atoms with Crippen LogP contribution in [0.1, 0.15) is 16.1 Å². The number of aromatic nitrogens is 1. The van der Waals surface area contributed by atoms with Gasteiger partial charge in [-0.3, -0.25) is 0 Å². The number of hydrogen-bond donors (Lipinski definition) is 0. The Bertz CT molecular complexity index is 1050. The molecule has 0 aliphatic rings. The SMILES string of the molecule is COc1ccc(-c2cc(COC(=O)c3cccc(S(C)(=O)=O)c3)on2)cc1. The number of esters is 1. The molecule has 0 atom stereocenters. The lowest BCUT2D eigenvalue weighted by Crippen LogP contribution is -2.06. The summed E-state index contributed by atoms with van der Waals surface area (Å²) in [7, 11) is -1.82. The minimum absolute atomic E-state index is 0.0541. The number of hydrogen-bond acceptors (Lipinski definition) is 7. The number of carbonyl (C=O) groups is 1. The maximum absolute atomic E-state index is 12.2. The highest BCUT2D eigenvalue weighted by atomic mass is 32.2. The summed E-state index contributed by atoms with van der Waals surface area (Å²) in [6, 6.07) is 14.6. The third-order valence-corrected chi connectivity index (χ3v) is 4.90. The Morgan fingerprint density at radius 3 is 2.52 bits per heavy atom. The summed E-state index contributed by atoms with van der Waals surface area (Å²) in [5, 5.41) is 3.95. The van der Waals surface area contributed by atoms with Crippen molar-refractivity contribution in [3.05, 3.63) is 65.9 Å². The molecule has 0 N–H and O–H groups in total. The Morgan fingerprint density at radius 1 is 1.11 bits per heavy atom. The van der Waals surface area contributed by atoms with Crippen LogP contribution in [0.4, 0.5) is 0 Å². The second-order valence-electron chi connectivity index (χ2n) is 5.78. The molecule has 27 heavy (non-hydrogen) atoms. The lowest BCUT2D eigenvalue weighted by Gasteiger charge is -2.04. The standard InChI is InChI=1S/C19H17NO6S/c1-24-15-8-6-13(7-9-15)18-11-16(26-20-18)12-25-19(21)14-4-3-5-17(10-14)27(2,22)23/h3-11H,12H2,1-2H3. The Morgan fingerprint density at radius 2 is 1.85 bits per heavy atom. The Labute approximate surface area is 156 Å². The third-order valence-electron chi connectivity index (χ3n) is 3.79. The first-order valence-electron chi connectivity index (χ1n) is 7.94. The molecule has 1 aromatic heterocycles. The first-order valence-corrected chi connectivity index (χ1v) is 9.83. The van der Waals surface area contributed by atoms with Crippen LogP contribution in [-0.2, 0) is 21.2 Å². The predicted octanol–water partition coefficient (Wildman–Crippen LogP) is 3.11. The minimum atomic E-state index is -3.40. The van der Waals surface area contributed by atoms with E-state index in [1.54, 1.807) is 25.3 Å². The quantitative estimate of drug-likeness (QED) is 0.600. The number of nitrogens with zero attached hydrogens (tertiary/aromatic N) is 1. The van der Waals surface area contributed by atoms with Crippen LogP contribution in [0.2, 0.25) is 0 Å². The van der Waals surface area contributed by atoms with E-state index in [2.05, 4.69) is 5.16 Å². The monoisotopic (exact) mass is 387 g/mol. The molecule has 7 nitrogen and oxygen atoms in total. The van der Waals surface area contributed by atoms with Crippen LogP contribution in [0.15, 0.2) is 64.0 Å². The first kappa shape index (κ1) is 18.7. The van der Waals surface area contributed by atoms with Crippen molar-refractivity contribution >= 4 is 15.8 Å². The average molecular weight is 387 g/mol. The van der Waals surface area contributed by atoms with E-state index in [0.717, 1.165) is 17.6 Å². The van der Waals surface area contributed by atoms with Crippen LogP contribution in [0.3, 0.4) is 0 Å². The van der Waals surface area contributed by atoms with E-state index in [0.29, 0.717) is 11.5 Å². The van der Waals surface area contributed by atoms with Crippen molar-refractivity contribution < 1.29 is 27.2 Å². The topological polar surface area (TPSA) is 95.7 Å². The molecule has 140 valence electrons. The van der Waals surface area contributed by atoms with Gasteiger partial charge >= 0.3 is 5.97 Å². The lowest BCUT2D eigenvalue weighted by molar-refractivity contribution is 0.0437. The van der Waals surface area contributed by atoms with Gasteiger partial charge in [0.05, 0.1) is 17.6 Å². The largest absolute Gasteiger partial charge is 0.497 e. The van der Waals surface area contributed by atoms with Gasteiger partial charge in [-0.15, -0.1) is 0 Å². The van der Waals surface area contributed by atoms with Crippen molar-refractivity contribution in [3.8, 4) is 17.0 Å². The van der Waals surface area contributed by atoms with E-state index >= 15 is 0 Å². The van der Waals surface area contributed by atoms with Gasteiger partial charge in [-0.05, 0) is 42.5 Å². The fourth-order valence-corrected chi connectivity index (χ4v) is 3.02. The molecule has 0 spiro atoms. The third kappa shape index (κ3) is 4.53. The van der Waals surface area contributed by atoms with Gasteiger partial charge in [0.1, 0.15) is 11.4 Å². The highest BCUT2D eigenvalue weighted by molar-refractivity contribution is 7.90. The minimum Gasteiger partial charge on any atom is -0.497 e. The molecule has 0 radical (unpaired) electrons. The molecule has 1 heterocycles. The van der Waals surface area contributed by atoms with Gasteiger partial charge in [0.2, 0.25) is 0 Å². The van der Waals surface area contributed by atoms with Crippen molar-refractivity contribution in [1.29, 1.82) is 0 Å². The number of methoxy groups -OCH3 is 1. The highest BCUT2D eigenvalue weighted by Gasteiger charge is 2.14. The zero-order valence-corrected chi connectivity index (χ0v) is 15.5. The van der Waals surface area contributed by atoms with Gasteiger partial charge in [0, 0.05) is 17.9 Å². The fourth-order valence-electron chi connectivity index (χ4n) is 2.35. The van der Waals surface area contributed by atoms with Gasteiger partial charge in [0.25, 0.3) is 0 Å². The number of carbonyl (C=O) groups excluding carboxylic acids is 1. The molecule has 8 heteroatoms. The molecular weight excluding hydrogens is 370 g/mol. The molecule has 3 aromatic rings. The van der Waals surface area contributed by atoms with Gasteiger partial charge in [-0.1, -0.05) is 11.2 Å². The zero-order chi connectivity index (χ0) is 19.4. The summed E-state index contributed by atoms with van der Waals surface area (Å²) in [4.78, 5) is 12.2. The van der Waals surface area contributed by atoms with E-state index in [-0.39, 0.29) is 17.1 Å². The van der Waals surface area contributed by atoms with E-state index in [4.69, 9.17) is 14.0 Å².